The van der Waals surface area contributed by atoms with Gasteiger partial charge in [-0.05, 0) is 12.1 Å². The van der Waals surface area contributed by atoms with Crippen molar-refractivity contribution in [1.82, 2.24) is 20.0 Å². The number of rotatable bonds is 5. The zero-order valence-electron chi connectivity index (χ0n) is 15.6. The molecule has 7 heteroatoms. The minimum absolute atomic E-state index is 0.0344. The summed E-state index contributed by atoms with van der Waals surface area (Å²) in [4.78, 5) is 8.03. The standard InChI is InChI=1S/C19H27N5OS/c1-15(26-17-7-5-4-6-8-17)11-21-19(20-2)24-9-10-25-18(14-24)16-12-22-23(3)13-16/h4-8,12-13,15,18H,9-11,14H2,1-3H3,(H,20,21). The van der Waals surface area contributed by atoms with Crippen LogP contribution in [0.25, 0.3) is 0 Å². The smallest absolute Gasteiger partial charge is 0.193 e. The Morgan fingerprint density at radius 3 is 2.92 bits per heavy atom. The summed E-state index contributed by atoms with van der Waals surface area (Å²) in [5, 5.41) is 8.21. The number of ether oxygens (including phenoxy) is 1. The van der Waals surface area contributed by atoms with Gasteiger partial charge in [-0.2, -0.15) is 5.10 Å². The van der Waals surface area contributed by atoms with E-state index in [9.17, 15) is 0 Å². The lowest BCUT2D eigenvalue weighted by Crippen LogP contribution is -2.49. The molecular formula is C19H27N5OS. The summed E-state index contributed by atoms with van der Waals surface area (Å²) < 4.78 is 7.74. The highest BCUT2D eigenvalue weighted by Gasteiger charge is 2.25. The van der Waals surface area contributed by atoms with E-state index < -0.39 is 0 Å². The van der Waals surface area contributed by atoms with Gasteiger partial charge in [-0.1, -0.05) is 25.1 Å². The second-order valence-electron chi connectivity index (χ2n) is 6.42. The average Bonchev–Trinajstić information content (AvgIpc) is 3.10. The summed E-state index contributed by atoms with van der Waals surface area (Å²) in [5.41, 5.74) is 1.11. The lowest BCUT2D eigenvalue weighted by Gasteiger charge is -2.35. The monoisotopic (exact) mass is 373 g/mol. The van der Waals surface area contributed by atoms with Crippen molar-refractivity contribution >= 4 is 17.7 Å². The highest BCUT2D eigenvalue weighted by molar-refractivity contribution is 8.00. The van der Waals surface area contributed by atoms with Crippen LogP contribution >= 0.6 is 11.8 Å². The lowest BCUT2D eigenvalue weighted by atomic mass is 10.1. The molecule has 0 spiro atoms. The van der Waals surface area contributed by atoms with Crippen LogP contribution in [0.2, 0.25) is 0 Å². The molecule has 2 aromatic rings. The summed E-state index contributed by atoms with van der Waals surface area (Å²) in [6, 6.07) is 10.5. The number of morpholine rings is 1. The molecule has 26 heavy (non-hydrogen) atoms. The number of aromatic nitrogens is 2. The van der Waals surface area contributed by atoms with Gasteiger partial charge in [0.05, 0.1) is 19.3 Å². The fraction of sp³-hybridized carbons (Fsp3) is 0.474. The molecular weight excluding hydrogens is 346 g/mol. The number of aryl methyl sites for hydroxylation is 1. The highest BCUT2D eigenvalue weighted by atomic mass is 32.2. The van der Waals surface area contributed by atoms with Gasteiger partial charge in [0.1, 0.15) is 6.10 Å². The van der Waals surface area contributed by atoms with E-state index in [-0.39, 0.29) is 6.10 Å². The van der Waals surface area contributed by atoms with Crippen molar-refractivity contribution in [2.75, 3.05) is 33.3 Å². The topological polar surface area (TPSA) is 54.7 Å². The third-order valence-electron chi connectivity index (χ3n) is 4.30. The molecule has 140 valence electrons. The molecule has 1 saturated heterocycles. The third kappa shape index (κ3) is 5.02. The van der Waals surface area contributed by atoms with Crippen molar-refractivity contribution in [3.63, 3.8) is 0 Å². The number of thioether (sulfide) groups is 1. The first-order valence-electron chi connectivity index (χ1n) is 8.93. The zero-order chi connectivity index (χ0) is 18.4. The minimum Gasteiger partial charge on any atom is -0.370 e. The van der Waals surface area contributed by atoms with Crippen LogP contribution in [-0.2, 0) is 11.8 Å². The van der Waals surface area contributed by atoms with Gasteiger partial charge < -0.3 is 15.0 Å². The maximum Gasteiger partial charge on any atom is 0.193 e. The predicted molar refractivity (Wildman–Crippen MR) is 107 cm³/mol. The van der Waals surface area contributed by atoms with E-state index >= 15 is 0 Å². The van der Waals surface area contributed by atoms with Crippen LogP contribution in [0.1, 0.15) is 18.6 Å². The molecule has 1 aliphatic heterocycles. The van der Waals surface area contributed by atoms with Gasteiger partial charge in [-0.15, -0.1) is 11.8 Å². The van der Waals surface area contributed by atoms with E-state index in [1.807, 2.05) is 49.0 Å². The molecule has 1 aromatic heterocycles. The Bertz CT molecular complexity index is 718. The number of aliphatic imine (C=N–C) groups is 1. The summed E-state index contributed by atoms with van der Waals surface area (Å²) in [5.74, 6) is 0.933. The first kappa shape index (κ1) is 18.8. The van der Waals surface area contributed by atoms with Gasteiger partial charge in [0.25, 0.3) is 0 Å². The van der Waals surface area contributed by atoms with E-state index in [4.69, 9.17) is 4.74 Å². The zero-order valence-corrected chi connectivity index (χ0v) is 16.4. The van der Waals surface area contributed by atoms with Gasteiger partial charge in [0.2, 0.25) is 0 Å². The molecule has 1 aromatic carbocycles. The molecule has 1 N–H and O–H groups in total. The second kappa shape index (κ2) is 9.09. The molecule has 1 fully saturated rings. The SMILES string of the molecule is CN=C(NCC(C)Sc1ccccc1)N1CCOC(c2cnn(C)c2)C1. The molecule has 0 aliphatic carbocycles. The van der Waals surface area contributed by atoms with Crippen LogP contribution in [0, 0.1) is 0 Å². The minimum atomic E-state index is 0.0344. The first-order chi connectivity index (χ1) is 12.7. The molecule has 0 saturated carbocycles. The van der Waals surface area contributed by atoms with E-state index in [1.54, 1.807) is 0 Å². The normalized spacial score (nSPS) is 19.4. The van der Waals surface area contributed by atoms with Crippen LogP contribution in [0.4, 0.5) is 0 Å². The number of benzene rings is 1. The molecule has 1 aliphatic rings. The molecule has 6 nitrogen and oxygen atoms in total. The van der Waals surface area contributed by atoms with E-state index in [0.717, 1.165) is 31.2 Å². The molecule has 2 atom stereocenters. The quantitative estimate of drug-likeness (QED) is 0.496. The highest BCUT2D eigenvalue weighted by Crippen LogP contribution is 2.23. The fourth-order valence-electron chi connectivity index (χ4n) is 2.99. The van der Waals surface area contributed by atoms with Crippen LogP contribution < -0.4 is 5.32 Å². The number of hydrogen-bond acceptors (Lipinski definition) is 4. The van der Waals surface area contributed by atoms with Crippen molar-refractivity contribution in [2.45, 2.75) is 23.2 Å². The van der Waals surface area contributed by atoms with Crippen LogP contribution in [0.3, 0.4) is 0 Å². The Morgan fingerprint density at radius 1 is 1.42 bits per heavy atom. The molecule has 2 heterocycles. The predicted octanol–water partition coefficient (Wildman–Crippen LogP) is 2.55. The third-order valence-corrected chi connectivity index (χ3v) is 5.42. The molecule has 0 amide bonds. The summed E-state index contributed by atoms with van der Waals surface area (Å²) >= 11 is 1.87. The molecule has 3 rings (SSSR count). The van der Waals surface area contributed by atoms with Crippen molar-refractivity contribution in [2.24, 2.45) is 12.0 Å². The van der Waals surface area contributed by atoms with Gasteiger partial charge in [0, 0.05) is 49.1 Å². The summed E-state index contributed by atoms with van der Waals surface area (Å²) in [6.07, 6.45) is 3.93. The summed E-state index contributed by atoms with van der Waals surface area (Å²) in [6.45, 7) is 5.41. The van der Waals surface area contributed by atoms with E-state index in [2.05, 4.69) is 51.5 Å². The van der Waals surface area contributed by atoms with Crippen LogP contribution in [0.5, 0.6) is 0 Å². The number of nitrogens with one attached hydrogen (secondary N) is 1. The Labute approximate surface area is 159 Å². The summed E-state index contributed by atoms with van der Waals surface area (Å²) in [7, 11) is 3.77. The van der Waals surface area contributed by atoms with Crippen LogP contribution in [-0.4, -0.2) is 59.2 Å². The maximum atomic E-state index is 5.92. The fourth-order valence-corrected chi connectivity index (χ4v) is 3.94. The number of guanidine groups is 1. The lowest BCUT2D eigenvalue weighted by molar-refractivity contribution is -0.00800. The Kier molecular flexibility index (Phi) is 6.57. The van der Waals surface area contributed by atoms with Crippen molar-refractivity contribution in [1.29, 1.82) is 0 Å². The Balaban J connectivity index is 1.53. The Hall–Kier alpha value is -1.99. The second-order valence-corrected chi connectivity index (χ2v) is 7.93. The van der Waals surface area contributed by atoms with Gasteiger partial charge in [0.15, 0.2) is 5.96 Å². The molecule has 0 radical (unpaired) electrons. The number of nitrogens with zero attached hydrogens (tertiary/aromatic N) is 4. The van der Waals surface area contributed by atoms with Crippen LogP contribution in [0.15, 0.2) is 52.6 Å². The molecule has 2 unspecified atom stereocenters. The van der Waals surface area contributed by atoms with E-state index in [0.29, 0.717) is 11.9 Å². The van der Waals surface area contributed by atoms with Gasteiger partial charge >= 0.3 is 0 Å². The van der Waals surface area contributed by atoms with Crippen molar-refractivity contribution in [3.8, 4) is 0 Å². The molecule has 0 bridgehead atoms. The average molecular weight is 374 g/mol. The van der Waals surface area contributed by atoms with Gasteiger partial charge in [-0.25, -0.2) is 0 Å². The Morgan fingerprint density at radius 2 is 2.23 bits per heavy atom. The van der Waals surface area contributed by atoms with Crippen molar-refractivity contribution in [3.05, 3.63) is 48.3 Å². The van der Waals surface area contributed by atoms with E-state index in [1.165, 1.54) is 4.90 Å². The number of hydrogen-bond donors (Lipinski definition) is 1. The largest absolute Gasteiger partial charge is 0.370 e. The van der Waals surface area contributed by atoms with Gasteiger partial charge in [-0.3, -0.25) is 9.67 Å². The van der Waals surface area contributed by atoms with Crippen molar-refractivity contribution < 1.29 is 4.74 Å². The maximum absolute atomic E-state index is 5.92. The first-order valence-corrected chi connectivity index (χ1v) is 9.81.